The third-order valence-corrected chi connectivity index (χ3v) is 6.70. The fraction of sp³-hybridized carbons (Fsp3) is 0.571. The van der Waals surface area contributed by atoms with Crippen LogP contribution in [-0.4, -0.2) is 34.7 Å². The van der Waals surface area contributed by atoms with E-state index in [9.17, 15) is 14.4 Å². The fourth-order valence-electron chi connectivity index (χ4n) is 5.12. The van der Waals surface area contributed by atoms with Crippen molar-refractivity contribution in [1.82, 2.24) is 10.2 Å². The molecule has 7 heteroatoms. The second kappa shape index (κ2) is 6.56. The predicted molar refractivity (Wildman–Crippen MR) is 107 cm³/mol. The molecule has 3 unspecified atom stereocenters. The molecule has 5 atom stereocenters. The fourth-order valence-corrected chi connectivity index (χ4v) is 5.30. The number of likely N-dealkylation sites (tertiary alicyclic amines) is 1. The van der Waals surface area contributed by atoms with Gasteiger partial charge in [0, 0.05) is 28.4 Å². The highest BCUT2D eigenvalue weighted by molar-refractivity contribution is 6.31. The molecule has 3 aliphatic heterocycles. The Morgan fingerprint density at radius 3 is 2.54 bits per heavy atom. The van der Waals surface area contributed by atoms with Gasteiger partial charge in [-0.1, -0.05) is 32.4 Å². The van der Waals surface area contributed by atoms with Gasteiger partial charge in [-0.3, -0.25) is 24.6 Å². The van der Waals surface area contributed by atoms with Crippen LogP contribution in [0.5, 0.6) is 0 Å². The molecule has 0 radical (unpaired) electrons. The van der Waals surface area contributed by atoms with Crippen LogP contribution in [0.2, 0.25) is 5.02 Å². The van der Waals surface area contributed by atoms with Gasteiger partial charge in [-0.2, -0.15) is 0 Å². The molecule has 0 aliphatic carbocycles. The molecule has 1 aromatic rings. The summed E-state index contributed by atoms with van der Waals surface area (Å²) in [6.07, 6.45) is 1.39. The molecule has 3 amide bonds. The van der Waals surface area contributed by atoms with E-state index in [4.69, 9.17) is 11.6 Å². The maximum Gasteiger partial charge on any atom is 0.250 e. The Kier molecular flexibility index (Phi) is 4.55. The molecule has 2 N–H and O–H groups in total. The normalized spacial score (nSPS) is 32.3. The van der Waals surface area contributed by atoms with Crippen molar-refractivity contribution < 1.29 is 14.4 Å². The van der Waals surface area contributed by atoms with Gasteiger partial charge in [0.15, 0.2) is 0 Å². The van der Waals surface area contributed by atoms with Gasteiger partial charge in [0.1, 0.15) is 5.54 Å². The van der Waals surface area contributed by atoms with Crippen molar-refractivity contribution in [2.75, 3.05) is 5.32 Å². The number of rotatable bonds is 4. The number of anilines is 1. The quantitative estimate of drug-likeness (QED) is 0.757. The summed E-state index contributed by atoms with van der Waals surface area (Å²) in [5.74, 6) is -1.68. The van der Waals surface area contributed by atoms with Gasteiger partial charge < -0.3 is 5.32 Å². The monoisotopic (exact) mass is 403 g/mol. The molecule has 150 valence electrons. The van der Waals surface area contributed by atoms with Gasteiger partial charge in [-0.05, 0) is 43.9 Å². The summed E-state index contributed by atoms with van der Waals surface area (Å²) in [5.41, 5.74) is 0.0610. The molecule has 1 aromatic carbocycles. The van der Waals surface area contributed by atoms with Crippen molar-refractivity contribution in [3.8, 4) is 0 Å². The van der Waals surface area contributed by atoms with Gasteiger partial charge in [0.05, 0.1) is 11.8 Å². The second-order valence-electron chi connectivity index (χ2n) is 8.64. The van der Waals surface area contributed by atoms with Crippen molar-refractivity contribution in [2.45, 2.75) is 58.2 Å². The molecule has 2 saturated heterocycles. The molecule has 6 nitrogen and oxygen atoms in total. The van der Waals surface area contributed by atoms with Gasteiger partial charge in [-0.25, -0.2) is 0 Å². The van der Waals surface area contributed by atoms with Crippen LogP contribution in [0.15, 0.2) is 18.2 Å². The van der Waals surface area contributed by atoms with Crippen LogP contribution in [0.1, 0.15) is 46.1 Å². The van der Waals surface area contributed by atoms with E-state index in [1.54, 1.807) is 18.2 Å². The summed E-state index contributed by atoms with van der Waals surface area (Å²) in [5, 5.41) is 6.82. The summed E-state index contributed by atoms with van der Waals surface area (Å²) < 4.78 is 0. The number of imide groups is 1. The van der Waals surface area contributed by atoms with Crippen molar-refractivity contribution >= 4 is 35.0 Å². The Bertz CT molecular complexity index is 870. The smallest absolute Gasteiger partial charge is 0.250 e. The zero-order chi connectivity index (χ0) is 20.4. The van der Waals surface area contributed by atoms with E-state index >= 15 is 0 Å². The Morgan fingerprint density at radius 2 is 1.89 bits per heavy atom. The average Bonchev–Trinajstić information content (AvgIpc) is 3.20. The van der Waals surface area contributed by atoms with E-state index < -0.39 is 17.4 Å². The maximum atomic E-state index is 13.5. The third-order valence-electron chi connectivity index (χ3n) is 6.47. The van der Waals surface area contributed by atoms with Gasteiger partial charge in [0.25, 0.3) is 0 Å². The number of amides is 3. The number of hydrogen-bond acceptors (Lipinski definition) is 4. The Hall–Kier alpha value is -1.92. The van der Waals surface area contributed by atoms with Gasteiger partial charge in [-0.15, -0.1) is 0 Å². The Morgan fingerprint density at radius 1 is 1.18 bits per heavy atom. The van der Waals surface area contributed by atoms with Crippen molar-refractivity contribution in [3.63, 3.8) is 0 Å². The van der Waals surface area contributed by atoms with E-state index in [0.717, 1.165) is 0 Å². The second-order valence-corrected chi connectivity index (χ2v) is 9.08. The molecule has 4 rings (SSSR count). The van der Waals surface area contributed by atoms with Crippen LogP contribution in [0.4, 0.5) is 5.69 Å². The first-order valence-corrected chi connectivity index (χ1v) is 10.4. The van der Waals surface area contributed by atoms with Crippen molar-refractivity contribution in [3.05, 3.63) is 28.8 Å². The summed E-state index contributed by atoms with van der Waals surface area (Å²) >= 11 is 6.23. The third kappa shape index (κ3) is 2.47. The summed E-state index contributed by atoms with van der Waals surface area (Å²) in [4.78, 5) is 41.4. The standard InChI is InChI=1S/C21H26ClN3O3/c1-5-11(4)25-18(26)16-15(8-10(2)3)24-21(17(16)19(25)27)13-9-12(22)6-7-14(13)23-20(21)28/h6-7,9-11,15-17,24H,5,8H2,1-4H3,(H,23,28)/t11?,15?,16-,17+,21?/m0/s1. The molecular weight excluding hydrogens is 378 g/mol. The molecule has 0 saturated carbocycles. The molecule has 28 heavy (non-hydrogen) atoms. The minimum Gasteiger partial charge on any atom is -0.324 e. The number of carbonyl (C=O) groups is 3. The lowest BCUT2D eigenvalue weighted by Gasteiger charge is -2.31. The molecule has 1 spiro atoms. The van der Waals surface area contributed by atoms with E-state index in [-0.39, 0.29) is 29.8 Å². The number of nitrogens with zero attached hydrogens (tertiary/aromatic N) is 1. The lowest BCUT2D eigenvalue weighted by atomic mass is 9.76. The van der Waals surface area contributed by atoms with E-state index in [1.165, 1.54) is 4.90 Å². The van der Waals surface area contributed by atoms with E-state index in [2.05, 4.69) is 24.5 Å². The Balaban J connectivity index is 1.89. The highest BCUT2D eigenvalue weighted by Crippen LogP contribution is 2.54. The van der Waals surface area contributed by atoms with Crippen LogP contribution in [0.3, 0.4) is 0 Å². The predicted octanol–water partition coefficient (Wildman–Crippen LogP) is 2.91. The number of nitrogens with one attached hydrogen (secondary N) is 2. The van der Waals surface area contributed by atoms with Crippen LogP contribution in [0.25, 0.3) is 0 Å². The number of benzene rings is 1. The van der Waals surface area contributed by atoms with Crippen LogP contribution in [-0.2, 0) is 19.9 Å². The molecule has 0 aromatic heterocycles. The first-order chi connectivity index (χ1) is 13.2. The van der Waals surface area contributed by atoms with Crippen LogP contribution >= 0.6 is 11.6 Å². The number of halogens is 1. The van der Waals surface area contributed by atoms with Crippen molar-refractivity contribution in [2.24, 2.45) is 17.8 Å². The summed E-state index contributed by atoms with van der Waals surface area (Å²) in [6.45, 7) is 7.99. The highest BCUT2D eigenvalue weighted by Gasteiger charge is 2.70. The Labute approximate surface area is 170 Å². The first kappa shape index (κ1) is 19.4. The SMILES string of the molecule is CCC(C)N1C(=O)[C@H]2C(CC(C)C)NC3(C(=O)Nc4ccc(Cl)cc43)[C@H]2C1=O. The summed E-state index contributed by atoms with van der Waals surface area (Å²) in [6, 6.07) is 4.77. The first-order valence-electron chi connectivity index (χ1n) is 9.98. The largest absolute Gasteiger partial charge is 0.324 e. The van der Waals surface area contributed by atoms with Gasteiger partial charge in [0.2, 0.25) is 17.7 Å². The number of carbonyl (C=O) groups excluding carboxylic acids is 3. The minimum atomic E-state index is -1.25. The molecule has 0 bridgehead atoms. The topological polar surface area (TPSA) is 78.5 Å². The van der Waals surface area contributed by atoms with E-state index in [0.29, 0.717) is 35.0 Å². The summed E-state index contributed by atoms with van der Waals surface area (Å²) in [7, 11) is 0. The lowest BCUT2D eigenvalue weighted by molar-refractivity contribution is -0.145. The number of fused-ring (bicyclic) bond motifs is 4. The number of hydrogen-bond donors (Lipinski definition) is 2. The molecule has 3 heterocycles. The van der Waals surface area contributed by atoms with Crippen molar-refractivity contribution in [1.29, 1.82) is 0 Å². The van der Waals surface area contributed by atoms with Gasteiger partial charge >= 0.3 is 0 Å². The molecule has 2 fully saturated rings. The highest BCUT2D eigenvalue weighted by atomic mass is 35.5. The zero-order valence-corrected chi connectivity index (χ0v) is 17.3. The molecule has 3 aliphatic rings. The minimum absolute atomic E-state index is 0.164. The molecular formula is C21H26ClN3O3. The van der Waals surface area contributed by atoms with E-state index in [1.807, 2.05) is 13.8 Å². The van der Waals surface area contributed by atoms with Crippen LogP contribution in [0, 0.1) is 17.8 Å². The zero-order valence-electron chi connectivity index (χ0n) is 16.6. The average molecular weight is 404 g/mol. The maximum absolute atomic E-state index is 13.5. The van der Waals surface area contributed by atoms with Crippen LogP contribution < -0.4 is 10.6 Å². The lowest BCUT2D eigenvalue weighted by Crippen LogP contribution is -2.54.